The van der Waals surface area contributed by atoms with Crippen molar-refractivity contribution in [3.05, 3.63) is 88.7 Å². The first-order valence-electron chi connectivity index (χ1n) is 10.2. The lowest BCUT2D eigenvalue weighted by molar-refractivity contribution is -0.139. The van der Waals surface area contributed by atoms with Crippen LogP contribution in [0.3, 0.4) is 0 Å². The Bertz CT molecular complexity index is 1080. The first-order valence-corrected chi connectivity index (χ1v) is 10.2. The van der Waals surface area contributed by atoms with Crippen LogP contribution in [0.2, 0.25) is 0 Å². The second-order valence-corrected chi connectivity index (χ2v) is 7.82. The first-order chi connectivity index (χ1) is 14.9. The number of ether oxygens (including phenoxy) is 1. The number of carboxylic acids is 1. The minimum atomic E-state index is -1.11. The number of hydrogen-bond acceptors (Lipinski definition) is 4. The van der Waals surface area contributed by atoms with Crippen molar-refractivity contribution >= 4 is 12.1 Å². The fourth-order valence-electron chi connectivity index (χ4n) is 4.26. The molecule has 0 bridgehead atoms. The maximum absolute atomic E-state index is 12.5. The van der Waals surface area contributed by atoms with E-state index in [1.165, 1.54) is 0 Å². The molecule has 3 aromatic rings. The second kappa shape index (κ2) is 8.60. The summed E-state index contributed by atoms with van der Waals surface area (Å²) in [6.45, 7) is 3.84. The van der Waals surface area contributed by atoms with Gasteiger partial charge in [-0.05, 0) is 53.8 Å². The van der Waals surface area contributed by atoms with Crippen LogP contribution in [0.4, 0.5) is 4.79 Å². The number of carbonyl (C=O) groups is 2. The summed E-state index contributed by atoms with van der Waals surface area (Å²) >= 11 is 0. The van der Waals surface area contributed by atoms with Gasteiger partial charge in [-0.2, -0.15) is 0 Å². The summed E-state index contributed by atoms with van der Waals surface area (Å²) in [5.41, 5.74) is 6.90. The molecular formula is C25H24N2O4. The number of rotatable bonds is 6. The zero-order valence-electron chi connectivity index (χ0n) is 17.5. The van der Waals surface area contributed by atoms with Crippen LogP contribution in [0.5, 0.6) is 0 Å². The Balaban J connectivity index is 1.44. The third kappa shape index (κ3) is 4.43. The molecule has 158 valence electrons. The van der Waals surface area contributed by atoms with Gasteiger partial charge in [-0.3, -0.25) is 4.98 Å². The molecule has 1 heterocycles. The predicted molar refractivity (Wildman–Crippen MR) is 117 cm³/mol. The average molecular weight is 416 g/mol. The molecule has 4 rings (SSSR count). The van der Waals surface area contributed by atoms with Gasteiger partial charge in [0.2, 0.25) is 0 Å². The maximum atomic E-state index is 12.5. The van der Waals surface area contributed by atoms with E-state index in [0.29, 0.717) is 0 Å². The predicted octanol–water partition coefficient (Wildman–Crippen LogP) is 4.23. The molecule has 2 aromatic carbocycles. The highest BCUT2D eigenvalue weighted by atomic mass is 16.5. The molecule has 0 radical (unpaired) electrons. The highest BCUT2D eigenvalue weighted by Gasteiger charge is 2.29. The SMILES string of the molecule is Cc1cc(CC(NC(=O)OCC2c3ccccc3-c3ccccc32)C(=O)O)cc(C)n1. The second-order valence-electron chi connectivity index (χ2n) is 7.82. The van der Waals surface area contributed by atoms with Crippen LogP contribution in [-0.2, 0) is 16.0 Å². The lowest BCUT2D eigenvalue weighted by atomic mass is 9.98. The fourth-order valence-corrected chi connectivity index (χ4v) is 4.26. The summed E-state index contributed by atoms with van der Waals surface area (Å²) in [6, 6.07) is 18.7. The number of nitrogens with one attached hydrogen (secondary N) is 1. The van der Waals surface area contributed by atoms with Crippen molar-refractivity contribution in [2.75, 3.05) is 6.61 Å². The standard InChI is InChI=1S/C25H24N2O4/c1-15-11-17(12-16(2)26-15)13-23(24(28)29)27-25(30)31-14-22-20-9-5-3-7-18(20)19-8-4-6-10-21(19)22/h3-12,22-23H,13-14H2,1-2H3,(H,27,30)(H,28,29). The lowest BCUT2D eigenvalue weighted by Gasteiger charge is -2.18. The molecule has 1 atom stereocenters. The zero-order valence-corrected chi connectivity index (χ0v) is 17.5. The van der Waals surface area contributed by atoms with E-state index in [2.05, 4.69) is 22.4 Å². The summed E-state index contributed by atoms with van der Waals surface area (Å²) in [7, 11) is 0. The van der Waals surface area contributed by atoms with Crippen molar-refractivity contribution < 1.29 is 19.4 Å². The van der Waals surface area contributed by atoms with Gasteiger partial charge in [-0.25, -0.2) is 9.59 Å². The minimum Gasteiger partial charge on any atom is -0.480 e. The van der Waals surface area contributed by atoms with Crippen LogP contribution >= 0.6 is 0 Å². The van der Waals surface area contributed by atoms with Gasteiger partial charge < -0.3 is 15.2 Å². The van der Waals surface area contributed by atoms with Crippen molar-refractivity contribution in [2.24, 2.45) is 0 Å². The van der Waals surface area contributed by atoms with Gasteiger partial charge in [0.15, 0.2) is 0 Å². The van der Waals surface area contributed by atoms with Gasteiger partial charge in [-0.1, -0.05) is 48.5 Å². The van der Waals surface area contributed by atoms with Crippen molar-refractivity contribution in [3.63, 3.8) is 0 Å². The number of nitrogens with zero attached hydrogens (tertiary/aromatic N) is 1. The van der Waals surface area contributed by atoms with Crippen molar-refractivity contribution in [2.45, 2.75) is 32.2 Å². The van der Waals surface area contributed by atoms with Gasteiger partial charge in [0.05, 0.1) is 0 Å². The number of carboxylic acid groups (broad SMARTS) is 1. The van der Waals surface area contributed by atoms with Crippen LogP contribution in [0.1, 0.15) is 34.0 Å². The molecule has 0 saturated heterocycles. The molecule has 1 aromatic heterocycles. The summed E-state index contributed by atoms with van der Waals surface area (Å²) < 4.78 is 5.48. The quantitative estimate of drug-likeness (QED) is 0.628. The van der Waals surface area contributed by atoms with E-state index >= 15 is 0 Å². The van der Waals surface area contributed by atoms with Gasteiger partial charge in [0.25, 0.3) is 0 Å². The fraction of sp³-hybridized carbons (Fsp3) is 0.240. The Hall–Kier alpha value is -3.67. The number of amides is 1. The summed E-state index contributed by atoms with van der Waals surface area (Å²) in [6.07, 6.45) is -0.583. The molecule has 1 unspecified atom stereocenters. The lowest BCUT2D eigenvalue weighted by Crippen LogP contribution is -2.43. The smallest absolute Gasteiger partial charge is 0.407 e. The summed E-state index contributed by atoms with van der Waals surface area (Å²) in [5.74, 6) is -1.19. The van der Waals surface area contributed by atoms with E-state index in [9.17, 15) is 14.7 Å². The van der Waals surface area contributed by atoms with E-state index in [1.807, 2.05) is 62.4 Å². The number of aromatic nitrogens is 1. The van der Waals surface area contributed by atoms with Gasteiger partial charge in [0.1, 0.15) is 12.6 Å². The number of aryl methyl sites for hydroxylation is 2. The van der Waals surface area contributed by atoms with Gasteiger partial charge in [-0.15, -0.1) is 0 Å². The molecule has 1 aliphatic rings. The van der Waals surface area contributed by atoms with Crippen molar-refractivity contribution in [1.29, 1.82) is 0 Å². The zero-order chi connectivity index (χ0) is 22.0. The number of pyridine rings is 1. The van der Waals surface area contributed by atoms with Crippen LogP contribution in [0, 0.1) is 13.8 Å². The Labute approximate surface area is 180 Å². The Kier molecular flexibility index (Phi) is 5.71. The number of carbonyl (C=O) groups excluding carboxylic acids is 1. The molecule has 0 saturated carbocycles. The van der Waals surface area contributed by atoms with E-state index in [4.69, 9.17) is 4.74 Å². The molecule has 0 aliphatic heterocycles. The molecule has 2 N–H and O–H groups in total. The van der Waals surface area contributed by atoms with E-state index in [1.54, 1.807) is 0 Å². The third-order valence-corrected chi connectivity index (χ3v) is 5.51. The summed E-state index contributed by atoms with van der Waals surface area (Å²) in [4.78, 5) is 28.5. The average Bonchev–Trinajstić information content (AvgIpc) is 3.05. The minimum absolute atomic E-state index is 0.0769. The molecule has 31 heavy (non-hydrogen) atoms. The Morgan fingerprint density at radius 1 is 1.00 bits per heavy atom. The number of hydrogen-bond donors (Lipinski definition) is 2. The maximum Gasteiger partial charge on any atom is 0.407 e. The largest absolute Gasteiger partial charge is 0.480 e. The third-order valence-electron chi connectivity index (χ3n) is 5.51. The number of alkyl carbamates (subject to hydrolysis) is 1. The highest BCUT2D eigenvalue weighted by Crippen LogP contribution is 2.44. The van der Waals surface area contributed by atoms with Crippen LogP contribution in [-0.4, -0.2) is 34.8 Å². The van der Waals surface area contributed by atoms with Crippen molar-refractivity contribution in [1.82, 2.24) is 10.3 Å². The van der Waals surface area contributed by atoms with Crippen molar-refractivity contribution in [3.8, 4) is 11.1 Å². The molecular weight excluding hydrogens is 392 g/mol. The topological polar surface area (TPSA) is 88.5 Å². The molecule has 0 spiro atoms. The number of benzene rings is 2. The highest BCUT2D eigenvalue weighted by molar-refractivity contribution is 5.81. The molecule has 1 amide bonds. The first kappa shape index (κ1) is 20.6. The summed E-state index contributed by atoms with van der Waals surface area (Å²) in [5, 5.41) is 12.1. The van der Waals surface area contributed by atoms with E-state index in [0.717, 1.165) is 39.2 Å². The Morgan fingerprint density at radius 3 is 2.10 bits per heavy atom. The van der Waals surface area contributed by atoms with Crippen LogP contribution in [0.15, 0.2) is 60.7 Å². The van der Waals surface area contributed by atoms with Gasteiger partial charge >= 0.3 is 12.1 Å². The molecule has 0 fully saturated rings. The molecule has 6 heteroatoms. The normalized spacial score (nSPS) is 13.2. The molecule has 6 nitrogen and oxygen atoms in total. The van der Waals surface area contributed by atoms with E-state index < -0.39 is 18.1 Å². The van der Waals surface area contributed by atoms with Crippen LogP contribution in [0.25, 0.3) is 11.1 Å². The molecule has 1 aliphatic carbocycles. The van der Waals surface area contributed by atoms with E-state index in [-0.39, 0.29) is 18.9 Å². The number of aliphatic carboxylic acids is 1. The number of fused-ring (bicyclic) bond motifs is 3. The van der Waals surface area contributed by atoms with Crippen LogP contribution < -0.4 is 5.32 Å². The monoisotopic (exact) mass is 416 g/mol. The van der Waals surface area contributed by atoms with Gasteiger partial charge in [0, 0.05) is 23.7 Å². The Morgan fingerprint density at radius 2 is 1.55 bits per heavy atom.